The van der Waals surface area contributed by atoms with Gasteiger partial charge in [0.05, 0.1) is 10.5 Å². The summed E-state index contributed by atoms with van der Waals surface area (Å²) in [4.78, 5) is 10.9. The summed E-state index contributed by atoms with van der Waals surface area (Å²) in [5.41, 5.74) is 3.74. The molecule has 4 aromatic rings. The topological polar surface area (TPSA) is 47.0 Å². The van der Waals surface area contributed by atoms with Crippen LogP contribution in [0.1, 0.15) is 11.3 Å². The van der Waals surface area contributed by atoms with E-state index in [1.165, 1.54) is 6.07 Å². The van der Waals surface area contributed by atoms with Crippen molar-refractivity contribution < 1.29 is 9.49 Å². The zero-order chi connectivity index (χ0) is 18.6. The molecule has 4 heteroatoms. The molecule has 0 spiro atoms. The van der Waals surface area contributed by atoms with E-state index in [0.29, 0.717) is 5.56 Å². The lowest BCUT2D eigenvalue weighted by molar-refractivity contribution is -0.569. The third-order valence-corrected chi connectivity index (χ3v) is 4.45. The second kappa shape index (κ2) is 7.22. The lowest BCUT2D eigenvalue weighted by Crippen LogP contribution is -2.35. The lowest BCUT2D eigenvalue weighted by atomic mass is 10.1. The molecule has 0 aliphatic heterocycles. The van der Waals surface area contributed by atoms with Crippen LogP contribution in [-0.4, -0.2) is 4.92 Å². The highest BCUT2D eigenvalue weighted by molar-refractivity contribution is 5.78. The first-order valence-electron chi connectivity index (χ1n) is 8.65. The van der Waals surface area contributed by atoms with E-state index in [-0.39, 0.29) is 10.6 Å². The van der Waals surface area contributed by atoms with Crippen LogP contribution in [0.25, 0.3) is 28.7 Å². The van der Waals surface area contributed by atoms with Crippen LogP contribution in [0.4, 0.5) is 5.69 Å². The Morgan fingerprint density at radius 1 is 0.741 bits per heavy atom. The molecule has 0 fully saturated rings. The minimum Gasteiger partial charge on any atom is -0.258 e. The van der Waals surface area contributed by atoms with Crippen LogP contribution in [0.3, 0.4) is 0 Å². The molecular weight excluding hydrogens is 336 g/mol. The fraction of sp³-hybridized carbons (Fsp3) is 0. The third kappa shape index (κ3) is 3.33. The lowest BCUT2D eigenvalue weighted by Gasteiger charge is -2.04. The number of nitro benzene ring substituents is 1. The number of pyridine rings is 1. The number of fused-ring (bicyclic) bond motifs is 1. The number of nitrogens with zero attached hydrogens (tertiary/aromatic N) is 2. The minimum absolute atomic E-state index is 0.0980. The van der Waals surface area contributed by atoms with Crippen molar-refractivity contribution in [1.82, 2.24) is 0 Å². The van der Waals surface area contributed by atoms with Crippen molar-refractivity contribution >= 4 is 28.7 Å². The molecule has 130 valence electrons. The number of para-hydroxylation sites is 3. The number of hydrogen-bond donors (Lipinski definition) is 0. The first-order chi connectivity index (χ1) is 13.2. The van der Waals surface area contributed by atoms with Gasteiger partial charge in [-0.3, -0.25) is 10.1 Å². The smallest absolute Gasteiger partial charge is 0.258 e. The molecule has 0 saturated carbocycles. The van der Waals surface area contributed by atoms with Gasteiger partial charge < -0.3 is 0 Å². The van der Waals surface area contributed by atoms with Gasteiger partial charge in [0.1, 0.15) is 0 Å². The van der Waals surface area contributed by atoms with Gasteiger partial charge in [-0.05, 0) is 24.3 Å². The molecule has 1 aromatic heterocycles. The van der Waals surface area contributed by atoms with Crippen molar-refractivity contribution in [2.75, 3.05) is 0 Å². The summed E-state index contributed by atoms with van der Waals surface area (Å²) in [5, 5.41) is 12.4. The Morgan fingerprint density at radius 2 is 1.44 bits per heavy atom. The standard InChI is InChI=1S/C23H17N2O2/c26-25(27)23-13-7-5-9-19(23)15-17-21-16-14-18-8-4-6-12-22(18)24(21)20-10-2-1-3-11-20/h1-17H/q+1. The van der Waals surface area contributed by atoms with Gasteiger partial charge in [0.15, 0.2) is 0 Å². The molecule has 0 N–H and O–H groups in total. The first-order valence-corrected chi connectivity index (χ1v) is 8.65. The predicted molar refractivity (Wildman–Crippen MR) is 108 cm³/mol. The molecule has 27 heavy (non-hydrogen) atoms. The molecule has 0 aliphatic rings. The molecule has 4 nitrogen and oxygen atoms in total. The molecular formula is C23H17N2O2+. The zero-order valence-corrected chi connectivity index (χ0v) is 14.5. The van der Waals surface area contributed by atoms with Crippen LogP contribution in [0.2, 0.25) is 0 Å². The second-order valence-corrected chi connectivity index (χ2v) is 6.14. The average molecular weight is 353 g/mol. The van der Waals surface area contributed by atoms with Crippen molar-refractivity contribution in [3.05, 3.63) is 112 Å². The molecule has 0 amide bonds. The van der Waals surface area contributed by atoms with Gasteiger partial charge in [-0.2, -0.15) is 4.57 Å². The Morgan fingerprint density at radius 3 is 2.26 bits per heavy atom. The van der Waals surface area contributed by atoms with Crippen LogP contribution in [0.15, 0.2) is 91.0 Å². The molecule has 0 atom stereocenters. The van der Waals surface area contributed by atoms with Gasteiger partial charge >= 0.3 is 0 Å². The minimum atomic E-state index is -0.356. The predicted octanol–water partition coefficient (Wildman–Crippen LogP) is 5.20. The maximum atomic E-state index is 11.3. The Kier molecular flexibility index (Phi) is 4.45. The number of aromatic nitrogens is 1. The maximum absolute atomic E-state index is 11.3. The zero-order valence-electron chi connectivity index (χ0n) is 14.5. The molecule has 0 unspecified atom stereocenters. The van der Waals surface area contributed by atoms with Gasteiger partial charge in [-0.15, -0.1) is 0 Å². The summed E-state index contributed by atoms with van der Waals surface area (Å²) < 4.78 is 2.15. The average Bonchev–Trinajstić information content (AvgIpc) is 2.72. The molecule has 0 aliphatic carbocycles. The largest absolute Gasteiger partial charge is 0.276 e. The third-order valence-electron chi connectivity index (χ3n) is 4.45. The molecule has 1 heterocycles. The van der Waals surface area contributed by atoms with Crippen molar-refractivity contribution in [3.63, 3.8) is 0 Å². The van der Waals surface area contributed by atoms with Gasteiger partial charge in [0.25, 0.3) is 5.69 Å². The Labute approximate surface area is 156 Å². The quantitative estimate of drug-likeness (QED) is 0.288. The van der Waals surface area contributed by atoms with E-state index < -0.39 is 0 Å². The molecule has 0 saturated heterocycles. The van der Waals surface area contributed by atoms with E-state index in [4.69, 9.17) is 0 Å². The van der Waals surface area contributed by atoms with Crippen LogP contribution < -0.4 is 4.57 Å². The van der Waals surface area contributed by atoms with E-state index in [1.807, 2.05) is 42.5 Å². The maximum Gasteiger partial charge on any atom is 0.276 e. The number of benzene rings is 3. The van der Waals surface area contributed by atoms with Crippen LogP contribution in [0.5, 0.6) is 0 Å². The fourth-order valence-corrected chi connectivity index (χ4v) is 3.19. The molecule has 3 aromatic carbocycles. The van der Waals surface area contributed by atoms with Gasteiger partial charge in [0, 0.05) is 41.8 Å². The van der Waals surface area contributed by atoms with E-state index in [1.54, 1.807) is 24.3 Å². The van der Waals surface area contributed by atoms with Crippen LogP contribution in [-0.2, 0) is 0 Å². The molecule has 4 rings (SSSR count). The van der Waals surface area contributed by atoms with Crippen LogP contribution >= 0.6 is 0 Å². The monoisotopic (exact) mass is 353 g/mol. The van der Waals surface area contributed by atoms with E-state index in [0.717, 1.165) is 22.3 Å². The SMILES string of the molecule is O=[N+]([O-])c1ccccc1C=Cc1ccc2ccccc2[n+]1-c1ccccc1. The van der Waals surface area contributed by atoms with Gasteiger partial charge in [-0.25, -0.2) is 0 Å². The Balaban J connectivity index is 1.89. The van der Waals surface area contributed by atoms with E-state index >= 15 is 0 Å². The van der Waals surface area contributed by atoms with Crippen molar-refractivity contribution in [1.29, 1.82) is 0 Å². The summed E-state index contributed by atoms with van der Waals surface area (Å²) in [5.74, 6) is 0. The van der Waals surface area contributed by atoms with Crippen molar-refractivity contribution in [2.24, 2.45) is 0 Å². The summed E-state index contributed by atoms with van der Waals surface area (Å²) in [6.07, 6.45) is 3.71. The summed E-state index contributed by atoms with van der Waals surface area (Å²) in [6, 6.07) is 29.1. The van der Waals surface area contributed by atoms with E-state index in [9.17, 15) is 10.1 Å². The Bertz CT molecular complexity index is 1150. The van der Waals surface area contributed by atoms with Crippen LogP contribution in [0, 0.1) is 10.1 Å². The fourth-order valence-electron chi connectivity index (χ4n) is 3.19. The highest BCUT2D eigenvalue weighted by atomic mass is 16.6. The van der Waals surface area contributed by atoms with E-state index in [2.05, 4.69) is 34.9 Å². The summed E-state index contributed by atoms with van der Waals surface area (Å²) in [7, 11) is 0. The summed E-state index contributed by atoms with van der Waals surface area (Å²) in [6.45, 7) is 0. The van der Waals surface area contributed by atoms with Crippen molar-refractivity contribution in [2.45, 2.75) is 0 Å². The Hall–Kier alpha value is -3.79. The molecule has 0 radical (unpaired) electrons. The number of hydrogen-bond acceptors (Lipinski definition) is 2. The van der Waals surface area contributed by atoms with Crippen molar-refractivity contribution in [3.8, 4) is 5.69 Å². The number of nitro groups is 1. The van der Waals surface area contributed by atoms with Gasteiger partial charge in [0.2, 0.25) is 16.9 Å². The van der Waals surface area contributed by atoms with Gasteiger partial charge in [-0.1, -0.05) is 42.5 Å². The highest BCUT2D eigenvalue weighted by Gasteiger charge is 2.17. The normalized spacial score (nSPS) is 11.1. The summed E-state index contributed by atoms with van der Waals surface area (Å²) >= 11 is 0. The highest BCUT2D eigenvalue weighted by Crippen LogP contribution is 2.21. The molecule has 0 bridgehead atoms. The first kappa shape index (κ1) is 16.7. The second-order valence-electron chi connectivity index (χ2n) is 6.14. The number of rotatable bonds is 4.